The average molecular weight is 563 g/mol. The van der Waals surface area contributed by atoms with Gasteiger partial charge in [-0.25, -0.2) is 4.39 Å². The van der Waals surface area contributed by atoms with Gasteiger partial charge in [-0.1, -0.05) is 24.4 Å². The van der Waals surface area contributed by atoms with Crippen LogP contribution in [-0.2, 0) is 14.3 Å². The standard InChI is InChI=1S/C27H32ClFN4O4S/c28-23-10-9-22(38-23)27(36)30-14-21(31-25(16-3-1-4-16)17-5-2-6-17)26(35)32-20-8-7-18(13-19(20)29)33-11-12-37-15-24(33)34/h7-10,13,16-17,21,25,31H,1-6,11-12,14-15H2,(H,30,36)(H,32,35)/t21-/m1/s1. The van der Waals surface area contributed by atoms with Gasteiger partial charge in [-0.15, -0.1) is 11.3 Å². The zero-order valence-corrected chi connectivity index (χ0v) is 22.6. The molecule has 1 saturated heterocycles. The lowest BCUT2D eigenvalue weighted by atomic mass is 9.68. The number of hydrogen-bond acceptors (Lipinski definition) is 6. The number of hydrogen-bond donors (Lipinski definition) is 3. The molecule has 38 heavy (non-hydrogen) atoms. The van der Waals surface area contributed by atoms with Crippen LogP contribution in [0, 0.1) is 17.7 Å². The van der Waals surface area contributed by atoms with Crippen molar-refractivity contribution < 1.29 is 23.5 Å². The number of benzene rings is 1. The van der Waals surface area contributed by atoms with Crippen molar-refractivity contribution in [3.63, 3.8) is 0 Å². The number of anilines is 2. The molecule has 3 amide bonds. The summed E-state index contributed by atoms with van der Waals surface area (Å²) in [4.78, 5) is 40.2. The summed E-state index contributed by atoms with van der Waals surface area (Å²) < 4.78 is 20.7. The van der Waals surface area contributed by atoms with Crippen molar-refractivity contribution in [2.24, 2.45) is 11.8 Å². The lowest BCUT2D eigenvalue weighted by Gasteiger charge is -2.44. The fourth-order valence-electron chi connectivity index (χ4n) is 5.22. The van der Waals surface area contributed by atoms with Gasteiger partial charge in [0.15, 0.2) is 0 Å². The smallest absolute Gasteiger partial charge is 0.261 e. The number of carbonyl (C=O) groups excluding carboxylic acids is 3. The normalized spacial score (nSPS) is 19.1. The molecule has 2 heterocycles. The Kier molecular flexibility index (Phi) is 8.62. The van der Waals surface area contributed by atoms with Crippen molar-refractivity contribution in [3.8, 4) is 0 Å². The van der Waals surface area contributed by atoms with Crippen LogP contribution in [0.25, 0.3) is 0 Å². The molecule has 1 aliphatic heterocycles. The highest BCUT2D eigenvalue weighted by Crippen LogP contribution is 2.40. The van der Waals surface area contributed by atoms with E-state index < -0.39 is 17.8 Å². The van der Waals surface area contributed by atoms with Gasteiger partial charge in [0.1, 0.15) is 18.5 Å². The summed E-state index contributed by atoms with van der Waals surface area (Å²) in [5.74, 6) is -0.601. The molecule has 0 bridgehead atoms. The summed E-state index contributed by atoms with van der Waals surface area (Å²) >= 11 is 7.14. The topological polar surface area (TPSA) is 99.8 Å². The van der Waals surface area contributed by atoms with E-state index in [0.717, 1.165) is 25.7 Å². The minimum atomic E-state index is -0.750. The summed E-state index contributed by atoms with van der Waals surface area (Å²) in [5.41, 5.74) is 0.437. The van der Waals surface area contributed by atoms with Crippen LogP contribution in [0.4, 0.5) is 15.8 Å². The van der Waals surface area contributed by atoms with Crippen LogP contribution in [0.3, 0.4) is 0 Å². The number of morpholine rings is 1. The highest BCUT2D eigenvalue weighted by Gasteiger charge is 2.38. The minimum Gasteiger partial charge on any atom is -0.370 e. The zero-order valence-electron chi connectivity index (χ0n) is 21.0. The summed E-state index contributed by atoms with van der Waals surface area (Å²) in [6.45, 7) is 0.735. The number of thiophene rings is 1. The second-order valence-electron chi connectivity index (χ2n) is 10.2. The van der Waals surface area contributed by atoms with E-state index in [1.165, 1.54) is 41.2 Å². The molecule has 1 aromatic carbocycles. The molecule has 2 aromatic rings. The van der Waals surface area contributed by atoms with Gasteiger partial charge in [-0.3, -0.25) is 14.4 Å². The van der Waals surface area contributed by atoms with Crippen LogP contribution < -0.4 is 20.9 Å². The third-order valence-corrected chi connectivity index (χ3v) is 9.03. The van der Waals surface area contributed by atoms with Crippen molar-refractivity contribution in [2.75, 3.05) is 36.5 Å². The fraction of sp³-hybridized carbons (Fsp3) is 0.519. The molecular formula is C27H32ClFN4O4S. The molecule has 3 aliphatic rings. The first-order valence-electron chi connectivity index (χ1n) is 13.2. The Hall–Kier alpha value is -2.53. The molecular weight excluding hydrogens is 531 g/mol. The van der Waals surface area contributed by atoms with E-state index in [1.807, 2.05) is 0 Å². The van der Waals surface area contributed by atoms with Gasteiger partial charge in [-0.05, 0) is 67.9 Å². The first-order valence-corrected chi connectivity index (χ1v) is 14.4. The molecule has 1 atom stereocenters. The Morgan fingerprint density at radius 3 is 2.45 bits per heavy atom. The second kappa shape index (κ2) is 12.1. The Balaban J connectivity index is 1.29. The molecule has 204 valence electrons. The van der Waals surface area contributed by atoms with Crippen molar-refractivity contribution in [2.45, 2.75) is 50.6 Å². The molecule has 5 rings (SSSR count). The Labute approximate surface area is 230 Å². The Morgan fingerprint density at radius 1 is 1.13 bits per heavy atom. The molecule has 2 saturated carbocycles. The van der Waals surface area contributed by atoms with Gasteiger partial charge in [0.25, 0.3) is 11.8 Å². The maximum atomic E-state index is 15.1. The number of ether oxygens (including phenoxy) is 1. The molecule has 2 aliphatic carbocycles. The van der Waals surface area contributed by atoms with Crippen LogP contribution in [0.2, 0.25) is 4.34 Å². The van der Waals surface area contributed by atoms with Gasteiger partial charge in [-0.2, -0.15) is 0 Å². The highest BCUT2D eigenvalue weighted by molar-refractivity contribution is 7.18. The molecule has 11 heteroatoms. The van der Waals surface area contributed by atoms with Crippen molar-refractivity contribution >= 4 is 52.0 Å². The summed E-state index contributed by atoms with van der Waals surface area (Å²) in [5, 5.41) is 9.09. The van der Waals surface area contributed by atoms with E-state index in [-0.39, 0.29) is 36.7 Å². The number of amides is 3. The number of nitrogens with zero attached hydrogens (tertiary/aromatic N) is 1. The van der Waals surface area contributed by atoms with E-state index in [4.69, 9.17) is 16.3 Å². The van der Waals surface area contributed by atoms with Crippen LogP contribution in [-0.4, -0.2) is 56.1 Å². The monoisotopic (exact) mass is 562 g/mol. The summed E-state index contributed by atoms with van der Waals surface area (Å²) in [7, 11) is 0. The lowest BCUT2D eigenvalue weighted by Crippen LogP contribution is -2.57. The molecule has 0 unspecified atom stereocenters. The second-order valence-corrected chi connectivity index (χ2v) is 11.9. The zero-order chi connectivity index (χ0) is 26.6. The van der Waals surface area contributed by atoms with Crippen molar-refractivity contribution in [3.05, 3.63) is 45.4 Å². The van der Waals surface area contributed by atoms with Crippen LogP contribution >= 0.6 is 22.9 Å². The Bertz CT molecular complexity index is 1170. The van der Waals surface area contributed by atoms with E-state index in [2.05, 4.69) is 16.0 Å². The van der Waals surface area contributed by atoms with Gasteiger partial charge >= 0.3 is 0 Å². The molecule has 1 aromatic heterocycles. The van der Waals surface area contributed by atoms with Gasteiger partial charge in [0, 0.05) is 24.8 Å². The van der Waals surface area contributed by atoms with Gasteiger partial charge < -0.3 is 25.6 Å². The Morgan fingerprint density at radius 2 is 1.87 bits per heavy atom. The largest absolute Gasteiger partial charge is 0.370 e. The maximum Gasteiger partial charge on any atom is 0.261 e. The fourth-order valence-corrected chi connectivity index (χ4v) is 6.18. The lowest BCUT2D eigenvalue weighted by molar-refractivity contribution is -0.125. The first-order chi connectivity index (χ1) is 18.4. The highest BCUT2D eigenvalue weighted by atomic mass is 35.5. The third kappa shape index (κ3) is 6.20. The van der Waals surface area contributed by atoms with E-state index >= 15 is 4.39 Å². The summed E-state index contributed by atoms with van der Waals surface area (Å²) in [6.07, 6.45) is 6.87. The predicted molar refractivity (Wildman–Crippen MR) is 145 cm³/mol. The predicted octanol–water partition coefficient (Wildman–Crippen LogP) is 4.20. The number of halogens is 2. The SMILES string of the molecule is O=C(NC[C@@H](NC(C1CCC1)C1CCC1)C(=O)Nc1ccc(N2CCOCC2=O)cc1F)c1ccc(Cl)s1. The first kappa shape index (κ1) is 27.1. The van der Waals surface area contributed by atoms with E-state index in [1.54, 1.807) is 18.2 Å². The summed E-state index contributed by atoms with van der Waals surface area (Å²) in [6, 6.07) is 7.05. The average Bonchev–Trinajstić information content (AvgIpc) is 3.27. The molecule has 3 fully saturated rings. The molecule has 3 N–H and O–H groups in total. The third-order valence-electron chi connectivity index (χ3n) is 7.80. The van der Waals surface area contributed by atoms with Crippen molar-refractivity contribution in [1.29, 1.82) is 0 Å². The van der Waals surface area contributed by atoms with Crippen LogP contribution in [0.1, 0.15) is 48.2 Å². The van der Waals surface area contributed by atoms with E-state index in [0.29, 0.717) is 39.9 Å². The van der Waals surface area contributed by atoms with Crippen LogP contribution in [0.15, 0.2) is 30.3 Å². The van der Waals surface area contributed by atoms with Crippen molar-refractivity contribution in [1.82, 2.24) is 10.6 Å². The molecule has 0 spiro atoms. The minimum absolute atomic E-state index is 0.0199. The van der Waals surface area contributed by atoms with Gasteiger partial charge in [0.05, 0.1) is 21.5 Å². The number of rotatable bonds is 10. The maximum absolute atomic E-state index is 15.1. The molecule has 0 radical (unpaired) electrons. The molecule has 8 nitrogen and oxygen atoms in total. The van der Waals surface area contributed by atoms with Gasteiger partial charge in [0.2, 0.25) is 5.91 Å². The number of carbonyl (C=O) groups is 3. The quantitative estimate of drug-likeness (QED) is 0.403. The van der Waals surface area contributed by atoms with Crippen LogP contribution in [0.5, 0.6) is 0 Å². The number of nitrogens with one attached hydrogen (secondary N) is 3. The van der Waals surface area contributed by atoms with E-state index in [9.17, 15) is 14.4 Å².